The number of nitrogens with one attached hydrogen (secondary N) is 1. The number of likely N-dealkylation sites (tertiary alicyclic amines) is 1. The minimum atomic E-state index is 0.480. The van der Waals surface area contributed by atoms with Crippen molar-refractivity contribution in [1.82, 2.24) is 13.6 Å². The molecule has 2 aromatic heterocycles. The van der Waals surface area contributed by atoms with Crippen LogP contribution in [-0.2, 0) is 12.3 Å². The van der Waals surface area contributed by atoms with Crippen LogP contribution in [0.1, 0.15) is 30.8 Å². The average Bonchev–Trinajstić information content (AvgIpc) is 3.17. The SMILES string of the molecule is Nc1nsnc1NCCSCc1ccc(CN2CCCCC2)o1. The van der Waals surface area contributed by atoms with Crippen molar-refractivity contribution in [2.45, 2.75) is 31.6 Å². The van der Waals surface area contributed by atoms with Gasteiger partial charge in [-0.05, 0) is 38.1 Å². The summed E-state index contributed by atoms with van der Waals surface area (Å²) in [4.78, 5) is 2.48. The fourth-order valence-corrected chi connectivity index (χ4v) is 3.86. The second kappa shape index (κ2) is 8.56. The molecule has 0 unspecified atom stereocenters. The van der Waals surface area contributed by atoms with Crippen molar-refractivity contribution in [1.29, 1.82) is 0 Å². The Morgan fingerprint density at radius 3 is 2.83 bits per heavy atom. The van der Waals surface area contributed by atoms with Gasteiger partial charge >= 0.3 is 0 Å². The predicted molar refractivity (Wildman–Crippen MR) is 96.8 cm³/mol. The Balaban J connectivity index is 1.33. The smallest absolute Gasteiger partial charge is 0.184 e. The molecule has 0 aliphatic carbocycles. The Morgan fingerprint density at radius 1 is 1.22 bits per heavy atom. The van der Waals surface area contributed by atoms with Crippen LogP contribution >= 0.6 is 23.5 Å². The molecule has 8 heteroatoms. The lowest BCUT2D eigenvalue weighted by atomic mass is 10.1. The number of nitrogens with zero attached hydrogens (tertiary/aromatic N) is 3. The van der Waals surface area contributed by atoms with Gasteiger partial charge in [0.1, 0.15) is 11.5 Å². The van der Waals surface area contributed by atoms with E-state index in [1.54, 1.807) is 0 Å². The first-order valence-electron chi connectivity index (χ1n) is 8.01. The number of thioether (sulfide) groups is 1. The number of aromatic nitrogens is 2. The van der Waals surface area contributed by atoms with E-state index in [4.69, 9.17) is 10.2 Å². The lowest BCUT2D eigenvalue weighted by Crippen LogP contribution is -2.28. The van der Waals surface area contributed by atoms with Crippen LogP contribution in [0.3, 0.4) is 0 Å². The van der Waals surface area contributed by atoms with Crippen LogP contribution in [-0.4, -0.2) is 39.0 Å². The summed E-state index contributed by atoms with van der Waals surface area (Å²) in [5.41, 5.74) is 5.67. The topological polar surface area (TPSA) is 80.2 Å². The Bertz CT molecular complexity index is 594. The minimum Gasteiger partial charge on any atom is -0.464 e. The van der Waals surface area contributed by atoms with Gasteiger partial charge in [0, 0.05) is 12.3 Å². The summed E-state index contributed by atoms with van der Waals surface area (Å²) in [7, 11) is 0. The summed E-state index contributed by atoms with van der Waals surface area (Å²) in [5.74, 6) is 5.18. The largest absolute Gasteiger partial charge is 0.464 e. The van der Waals surface area contributed by atoms with Crippen molar-refractivity contribution in [2.75, 3.05) is 36.4 Å². The molecule has 1 saturated heterocycles. The molecule has 0 amide bonds. The summed E-state index contributed by atoms with van der Waals surface area (Å²) < 4.78 is 14.0. The first-order chi connectivity index (χ1) is 11.3. The van der Waals surface area contributed by atoms with Gasteiger partial charge in [0.15, 0.2) is 11.6 Å². The van der Waals surface area contributed by atoms with Gasteiger partial charge in [-0.25, -0.2) is 0 Å². The number of hydrogen-bond acceptors (Lipinski definition) is 8. The van der Waals surface area contributed by atoms with Crippen molar-refractivity contribution >= 4 is 35.1 Å². The Kier molecular flexibility index (Phi) is 6.18. The zero-order valence-electron chi connectivity index (χ0n) is 13.2. The molecule has 0 saturated carbocycles. The Labute approximate surface area is 145 Å². The van der Waals surface area contributed by atoms with Gasteiger partial charge in [0.05, 0.1) is 24.0 Å². The van der Waals surface area contributed by atoms with Gasteiger partial charge in [-0.15, -0.1) is 0 Å². The molecule has 3 rings (SSSR count). The number of rotatable bonds is 8. The highest BCUT2D eigenvalue weighted by molar-refractivity contribution is 7.98. The molecule has 1 aliphatic heterocycles. The molecule has 0 radical (unpaired) electrons. The van der Waals surface area contributed by atoms with Crippen LogP contribution < -0.4 is 11.1 Å². The molecule has 3 N–H and O–H groups in total. The van der Waals surface area contributed by atoms with E-state index in [1.807, 2.05) is 11.8 Å². The summed E-state index contributed by atoms with van der Waals surface area (Å²) in [6, 6.07) is 4.21. The number of anilines is 2. The van der Waals surface area contributed by atoms with E-state index in [0.717, 1.165) is 47.8 Å². The summed E-state index contributed by atoms with van der Waals surface area (Å²) in [6.45, 7) is 4.17. The number of piperidine rings is 1. The highest BCUT2D eigenvalue weighted by Gasteiger charge is 2.12. The van der Waals surface area contributed by atoms with Gasteiger partial charge in [-0.3, -0.25) is 4.90 Å². The second-order valence-corrected chi connectivity index (χ2v) is 7.32. The van der Waals surface area contributed by atoms with Gasteiger partial charge < -0.3 is 15.5 Å². The summed E-state index contributed by atoms with van der Waals surface area (Å²) in [6.07, 6.45) is 4.00. The first-order valence-corrected chi connectivity index (χ1v) is 9.89. The third-order valence-electron chi connectivity index (χ3n) is 3.84. The van der Waals surface area contributed by atoms with Gasteiger partial charge in [0.2, 0.25) is 0 Å². The normalized spacial score (nSPS) is 15.8. The highest BCUT2D eigenvalue weighted by Crippen LogP contribution is 2.19. The summed E-state index contributed by atoms with van der Waals surface area (Å²) in [5, 5.41) is 3.19. The third-order valence-corrected chi connectivity index (χ3v) is 5.37. The predicted octanol–water partition coefficient (Wildman–Crippen LogP) is 3.04. The molecule has 3 heterocycles. The van der Waals surface area contributed by atoms with Crippen LogP contribution in [0.4, 0.5) is 11.6 Å². The maximum Gasteiger partial charge on any atom is 0.184 e. The van der Waals surface area contributed by atoms with Crippen LogP contribution in [0.15, 0.2) is 16.5 Å². The second-order valence-electron chi connectivity index (χ2n) is 5.68. The molecule has 0 aromatic carbocycles. The van der Waals surface area contributed by atoms with Crippen molar-refractivity contribution in [3.63, 3.8) is 0 Å². The molecule has 1 aliphatic rings. The van der Waals surface area contributed by atoms with Crippen molar-refractivity contribution in [3.05, 3.63) is 23.7 Å². The van der Waals surface area contributed by atoms with E-state index in [2.05, 4.69) is 31.1 Å². The fourth-order valence-electron chi connectivity index (χ4n) is 2.66. The van der Waals surface area contributed by atoms with E-state index < -0.39 is 0 Å². The molecule has 126 valence electrons. The maximum absolute atomic E-state index is 5.93. The molecule has 0 atom stereocenters. The minimum absolute atomic E-state index is 0.480. The van der Waals surface area contributed by atoms with Crippen LogP contribution in [0.5, 0.6) is 0 Å². The molecule has 0 bridgehead atoms. The highest BCUT2D eigenvalue weighted by atomic mass is 32.2. The van der Waals surface area contributed by atoms with E-state index in [9.17, 15) is 0 Å². The molecule has 1 fully saturated rings. The molecule has 6 nitrogen and oxygen atoms in total. The zero-order chi connectivity index (χ0) is 15.9. The standard InChI is InChI=1S/C15H23N5OS2/c16-14-15(19-23-18-14)17-6-9-22-11-13-5-4-12(21-13)10-20-7-2-1-3-8-20/h4-5H,1-3,6-11H2,(H2,16,18)(H,17,19). The van der Waals surface area contributed by atoms with Crippen molar-refractivity contribution in [3.8, 4) is 0 Å². The van der Waals surface area contributed by atoms with Gasteiger partial charge in [-0.1, -0.05) is 6.42 Å². The van der Waals surface area contributed by atoms with Crippen LogP contribution in [0, 0.1) is 0 Å². The number of hydrogen-bond donors (Lipinski definition) is 2. The number of nitrogen functional groups attached to an aromatic ring is 1. The van der Waals surface area contributed by atoms with Gasteiger partial charge in [0.25, 0.3) is 0 Å². The number of nitrogens with two attached hydrogens (primary N) is 1. The fraction of sp³-hybridized carbons (Fsp3) is 0.600. The molecule has 23 heavy (non-hydrogen) atoms. The van der Waals surface area contributed by atoms with Crippen molar-refractivity contribution in [2.24, 2.45) is 0 Å². The molecular weight excluding hydrogens is 330 g/mol. The lowest BCUT2D eigenvalue weighted by Gasteiger charge is -2.25. The van der Waals surface area contributed by atoms with E-state index >= 15 is 0 Å². The van der Waals surface area contributed by atoms with E-state index in [0.29, 0.717) is 11.6 Å². The van der Waals surface area contributed by atoms with E-state index in [1.165, 1.54) is 32.4 Å². The third kappa shape index (κ3) is 5.12. The monoisotopic (exact) mass is 353 g/mol. The lowest BCUT2D eigenvalue weighted by molar-refractivity contribution is 0.204. The average molecular weight is 354 g/mol. The first kappa shape index (κ1) is 16.6. The Hall–Kier alpha value is -1.25. The Morgan fingerprint density at radius 2 is 2.04 bits per heavy atom. The van der Waals surface area contributed by atoms with E-state index in [-0.39, 0.29) is 0 Å². The molecular formula is C15H23N5OS2. The zero-order valence-corrected chi connectivity index (χ0v) is 14.8. The summed E-state index contributed by atoms with van der Waals surface area (Å²) >= 11 is 2.97. The number of furan rings is 1. The van der Waals surface area contributed by atoms with Crippen molar-refractivity contribution < 1.29 is 4.42 Å². The van der Waals surface area contributed by atoms with Gasteiger partial charge in [-0.2, -0.15) is 20.5 Å². The molecule has 0 spiro atoms. The van der Waals surface area contributed by atoms with Crippen LogP contribution in [0.2, 0.25) is 0 Å². The maximum atomic E-state index is 5.93. The molecule has 2 aromatic rings. The van der Waals surface area contributed by atoms with Crippen LogP contribution in [0.25, 0.3) is 0 Å². The quantitative estimate of drug-likeness (QED) is 0.706.